The third-order valence-corrected chi connectivity index (χ3v) is 6.31. The summed E-state index contributed by atoms with van der Waals surface area (Å²) in [5, 5.41) is 2.92. The summed E-state index contributed by atoms with van der Waals surface area (Å²) in [7, 11) is -1.36. The maximum atomic E-state index is 12.8. The van der Waals surface area contributed by atoms with Crippen LogP contribution in [0.3, 0.4) is 0 Å². The second-order valence-electron chi connectivity index (χ2n) is 5.43. The van der Waals surface area contributed by atoms with Crippen molar-refractivity contribution in [1.82, 2.24) is 5.32 Å². The molecule has 0 spiro atoms. The van der Waals surface area contributed by atoms with Crippen molar-refractivity contribution in [2.45, 2.75) is 55.2 Å². The summed E-state index contributed by atoms with van der Waals surface area (Å²) in [5.41, 5.74) is 0.996. The second kappa shape index (κ2) is 6.06. The molecule has 0 aromatic heterocycles. The molecular formula is C15H23NO2S. The molecule has 0 saturated heterocycles. The molecule has 2 rings (SSSR count). The molecule has 0 amide bonds. The minimum Gasteiger partial charge on any atom is -0.316 e. The zero-order valence-electron chi connectivity index (χ0n) is 11.7. The van der Waals surface area contributed by atoms with Gasteiger partial charge in [0.2, 0.25) is 0 Å². The number of sulfone groups is 1. The van der Waals surface area contributed by atoms with E-state index in [-0.39, 0.29) is 11.3 Å². The lowest BCUT2D eigenvalue weighted by atomic mass is 10.1. The lowest BCUT2D eigenvalue weighted by Crippen LogP contribution is -2.41. The van der Waals surface area contributed by atoms with Crippen LogP contribution in [0.5, 0.6) is 0 Å². The first-order chi connectivity index (χ1) is 9.05. The van der Waals surface area contributed by atoms with Crippen LogP contribution in [0.1, 0.15) is 37.7 Å². The molecule has 1 saturated carbocycles. The first-order valence-corrected chi connectivity index (χ1v) is 8.58. The Bertz CT molecular complexity index is 525. The second-order valence-corrected chi connectivity index (χ2v) is 7.60. The lowest BCUT2D eigenvalue weighted by Gasteiger charge is -2.24. The molecule has 3 nitrogen and oxygen atoms in total. The Morgan fingerprint density at radius 3 is 2.58 bits per heavy atom. The molecule has 4 heteroatoms. The summed E-state index contributed by atoms with van der Waals surface area (Å²) in [4.78, 5) is 0.472. The van der Waals surface area contributed by atoms with Gasteiger partial charge < -0.3 is 5.32 Å². The molecule has 2 atom stereocenters. The molecule has 19 heavy (non-hydrogen) atoms. The van der Waals surface area contributed by atoms with E-state index in [1.165, 1.54) is 0 Å². The maximum Gasteiger partial charge on any atom is 0.182 e. The van der Waals surface area contributed by atoms with Crippen LogP contribution in [0.15, 0.2) is 29.2 Å². The summed E-state index contributed by atoms with van der Waals surface area (Å²) >= 11 is 0. The van der Waals surface area contributed by atoms with E-state index in [9.17, 15) is 8.42 Å². The molecule has 106 valence electrons. The molecule has 1 aromatic rings. The fourth-order valence-corrected chi connectivity index (χ4v) is 5.09. The normalized spacial score (nSPS) is 24.9. The average Bonchev–Trinajstić information content (AvgIpc) is 2.64. The summed E-state index contributed by atoms with van der Waals surface area (Å²) < 4.78 is 25.6. The van der Waals surface area contributed by atoms with E-state index in [4.69, 9.17) is 0 Å². The van der Waals surface area contributed by atoms with E-state index < -0.39 is 9.84 Å². The van der Waals surface area contributed by atoms with Crippen LogP contribution in [-0.2, 0) is 9.84 Å². The SMILES string of the molecule is CNC1CCCCCC1S(=O)(=O)c1cccc(C)c1. The Morgan fingerprint density at radius 1 is 1.16 bits per heavy atom. The fourth-order valence-electron chi connectivity index (χ4n) is 2.94. The molecule has 0 bridgehead atoms. The van der Waals surface area contributed by atoms with Gasteiger partial charge in [-0.15, -0.1) is 0 Å². The highest BCUT2D eigenvalue weighted by Gasteiger charge is 2.34. The van der Waals surface area contributed by atoms with Crippen LogP contribution in [-0.4, -0.2) is 26.8 Å². The van der Waals surface area contributed by atoms with Crippen LogP contribution >= 0.6 is 0 Å². The van der Waals surface area contributed by atoms with E-state index in [0.717, 1.165) is 37.7 Å². The summed E-state index contributed by atoms with van der Waals surface area (Å²) in [5.74, 6) is 0. The minimum absolute atomic E-state index is 0.0769. The highest BCUT2D eigenvalue weighted by molar-refractivity contribution is 7.92. The first-order valence-electron chi connectivity index (χ1n) is 7.03. The smallest absolute Gasteiger partial charge is 0.182 e. The summed E-state index contributed by atoms with van der Waals surface area (Å²) in [6, 6.07) is 7.34. The Hall–Kier alpha value is -0.870. The molecule has 0 heterocycles. The fraction of sp³-hybridized carbons (Fsp3) is 0.600. The van der Waals surface area contributed by atoms with E-state index >= 15 is 0 Å². The van der Waals surface area contributed by atoms with Gasteiger partial charge in [0.25, 0.3) is 0 Å². The van der Waals surface area contributed by atoms with Crippen molar-refractivity contribution < 1.29 is 8.42 Å². The Balaban J connectivity index is 2.36. The van der Waals surface area contributed by atoms with E-state index in [2.05, 4.69) is 5.32 Å². The van der Waals surface area contributed by atoms with E-state index in [1.54, 1.807) is 12.1 Å². The van der Waals surface area contributed by atoms with Crippen molar-refractivity contribution >= 4 is 9.84 Å². The molecule has 2 unspecified atom stereocenters. The highest BCUT2D eigenvalue weighted by atomic mass is 32.2. The number of rotatable bonds is 3. The summed E-state index contributed by atoms with van der Waals surface area (Å²) in [6.07, 6.45) is 4.98. The quantitative estimate of drug-likeness (QED) is 0.867. The number of aryl methyl sites for hydroxylation is 1. The molecule has 1 fully saturated rings. The van der Waals surface area contributed by atoms with Gasteiger partial charge in [0.05, 0.1) is 10.1 Å². The monoisotopic (exact) mass is 281 g/mol. The van der Waals surface area contributed by atoms with Crippen LogP contribution < -0.4 is 5.32 Å². The van der Waals surface area contributed by atoms with E-state index in [0.29, 0.717) is 4.90 Å². The largest absolute Gasteiger partial charge is 0.316 e. The molecule has 1 aromatic carbocycles. The van der Waals surface area contributed by atoms with Gasteiger partial charge in [-0.2, -0.15) is 0 Å². The molecule has 1 aliphatic carbocycles. The summed E-state index contributed by atoms with van der Waals surface area (Å²) in [6.45, 7) is 1.93. The first kappa shape index (κ1) is 14.5. The van der Waals surface area contributed by atoms with Gasteiger partial charge in [-0.1, -0.05) is 31.4 Å². The Labute approximate surface area is 116 Å². The lowest BCUT2D eigenvalue weighted by molar-refractivity contribution is 0.480. The molecule has 0 aliphatic heterocycles. The van der Waals surface area contributed by atoms with Crippen molar-refractivity contribution in [3.63, 3.8) is 0 Å². The third kappa shape index (κ3) is 3.18. The van der Waals surface area contributed by atoms with Crippen molar-refractivity contribution in [2.24, 2.45) is 0 Å². The van der Waals surface area contributed by atoms with Crippen molar-refractivity contribution in [1.29, 1.82) is 0 Å². The Morgan fingerprint density at radius 2 is 1.89 bits per heavy atom. The van der Waals surface area contributed by atoms with Crippen molar-refractivity contribution in [3.05, 3.63) is 29.8 Å². The van der Waals surface area contributed by atoms with Gasteiger partial charge in [0.1, 0.15) is 0 Å². The van der Waals surface area contributed by atoms with Crippen molar-refractivity contribution in [2.75, 3.05) is 7.05 Å². The standard InChI is InChI=1S/C15H23NO2S/c1-12-7-6-8-13(11-12)19(17,18)15-10-5-3-4-9-14(15)16-2/h6-8,11,14-16H,3-5,9-10H2,1-2H3. The molecule has 0 radical (unpaired) electrons. The van der Waals surface area contributed by atoms with Gasteiger partial charge >= 0.3 is 0 Å². The highest BCUT2D eigenvalue weighted by Crippen LogP contribution is 2.28. The van der Waals surface area contributed by atoms with Crippen LogP contribution in [0, 0.1) is 6.92 Å². The van der Waals surface area contributed by atoms with Gasteiger partial charge in [-0.25, -0.2) is 8.42 Å². The molecule has 1 N–H and O–H groups in total. The van der Waals surface area contributed by atoms with Crippen LogP contribution in [0.4, 0.5) is 0 Å². The van der Waals surface area contributed by atoms with Gasteiger partial charge in [0.15, 0.2) is 9.84 Å². The van der Waals surface area contributed by atoms with Crippen LogP contribution in [0.25, 0.3) is 0 Å². The topological polar surface area (TPSA) is 46.2 Å². The zero-order valence-corrected chi connectivity index (χ0v) is 12.5. The molecule has 1 aliphatic rings. The molecular weight excluding hydrogens is 258 g/mol. The van der Waals surface area contributed by atoms with Gasteiger partial charge in [-0.3, -0.25) is 0 Å². The minimum atomic E-state index is -3.23. The van der Waals surface area contributed by atoms with Crippen molar-refractivity contribution in [3.8, 4) is 0 Å². The van der Waals surface area contributed by atoms with Gasteiger partial charge in [-0.05, 0) is 44.5 Å². The number of hydrogen-bond donors (Lipinski definition) is 1. The number of hydrogen-bond acceptors (Lipinski definition) is 3. The maximum absolute atomic E-state index is 12.8. The predicted molar refractivity (Wildman–Crippen MR) is 78.1 cm³/mol. The third-order valence-electron chi connectivity index (χ3n) is 4.04. The van der Waals surface area contributed by atoms with Gasteiger partial charge in [0, 0.05) is 6.04 Å². The number of benzene rings is 1. The average molecular weight is 281 g/mol. The predicted octanol–water partition coefficient (Wildman–Crippen LogP) is 2.69. The Kier molecular flexibility index (Phi) is 4.63. The number of nitrogens with one attached hydrogen (secondary N) is 1. The van der Waals surface area contributed by atoms with E-state index in [1.807, 2.05) is 26.1 Å². The zero-order chi connectivity index (χ0) is 13.9. The van der Waals surface area contributed by atoms with Crippen LogP contribution in [0.2, 0.25) is 0 Å².